The summed E-state index contributed by atoms with van der Waals surface area (Å²) >= 11 is 5.55. The molecule has 0 radical (unpaired) electrons. The molecule has 0 amide bonds. The number of halogens is 2. The van der Waals surface area contributed by atoms with Crippen molar-refractivity contribution in [1.29, 1.82) is 0 Å². The smallest absolute Gasteiger partial charge is 0.0335 e. The van der Waals surface area contributed by atoms with Crippen LogP contribution in [0, 0.1) is 3.57 Å². The Hall–Kier alpha value is 0.230. The molecule has 0 unspecified atom stereocenters. The van der Waals surface area contributed by atoms with Crippen LogP contribution in [0.15, 0.2) is 22.7 Å². The summed E-state index contributed by atoms with van der Waals surface area (Å²) < 4.78 is 2.19. The number of rotatable bonds is 0. The zero-order valence-electron chi connectivity index (χ0n) is 4.57. The van der Waals surface area contributed by atoms with Crippen LogP contribution in [0.4, 0.5) is 5.69 Å². The Bertz CT molecular complexity index is 174. The van der Waals surface area contributed by atoms with Crippen molar-refractivity contribution in [3.05, 3.63) is 26.2 Å². The van der Waals surface area contributed by atoms with Gasteiger partial charge in [0.2, 0.25) is 0 Å². The highest BCUT2D eigenvalue weighted by atomic mass is 127. The minimum atomic E-state index is 0.800. The first-order valence-electron chi connectivity index (χ1n) is 2.40. The number of benzene rings is 1. The Balaban J connectivity index is 3.17. The van der Waals surface area contributed by atoms with Crippen LogP contribution in [0.2, 0.25) is 0 Å². The quantitative estimate of drug-likeness (QED) is 0.578. The Morgan fingerprint density at radius 2 is 2.00 bits per heavy atom. The number of hydrogen-bond donors (Lipinski definition) is 1. The molecule has 48 valence electrons. The standard InChI is InChI=1S/C6H5BrIN/c7-4-1-5(8)3-6(9)2-4/h1-3H,9H2. The number of nitrogens with two attached hydrogens (primary N) is 1. The molecule has 3 heteroatoms. The third-order valence-electron chi connectivity index (χ3n) is 0.885. The topological polar surface area (TPSA) is 26.0 Å². The second kappa shape index (κ2) is 2.88. The van der Waals surface area contributed by atoms with E-state index in [0.717, 1.165) is 13.7 Å². The highest BCUT2D eigenvalue weighted by Crippen LogP contribution is 2.17. The first-order valence-corrected chi connectivity index (χ1v) is 4.27. The third-order valence-corrected chi connectivity index (χ3v) is 1.97. The second-order valence-electron chi connectivity index (χ2n) is 1.70. The minimum absolute atomic E-state index is 0.800. The van der Waals surface area contributed by atoms with E-state index in [4.69, 9.17) is 5.73 Å². The minimum Gasteiger partial charge on any atom is -0.399 e. The zero-order chi connectivity index (χ0) is 6.85. The molecule has 9 heavy (non-hydrogen) atoms. The summed E-state index contributed by atoms with van der Waals surface area (Å²) in [5.74, 6) is 0. The number of nitrogen functional groups attached to an aromatic ring is 1. The summed E-state index contributed by atoms with van der Waals surface area (Å²) in [4.78, 5) is 0. The van der Waals surface area contributed by atoms with E-state index in [1.807, 2.05) is 18.2 Å². The lowest BCUT2D eigenvalue weighted by Gasteiger charge is -1.94. The van der Waals surface area contributed by atoms with Crippen molar-refractivity contribution in [2.75, 3.05) is 5.73 Å². The van der Waals surface area contributed by atoms with E-state index in [1.54, 1.807) is 0 Å². The third kappa shape index (κ3) is 2.14. The van der Waals surface area contributed by atoms with Crippen molar-refractivity contribution in [3.8, 4) is 0 Å². The van der Waals surface area contributed by atoms with E-state index in [1.165, 1.54) is 0 Å². The van der Waals surface area contributed by atoms with Crippen LogP contribution in [0.3, 0.4) is 0 Å². The molecule has 1 rings (SSSR count). The van der Waals surface area contributed by atoms with E-state index in [-0.39, 0.29) is 0 Å². The van der Waals surface area contributed by atoms with E-state index >= 15 is 0 Å². The van der Waals surface area contributed by atoms with Crippen molar-refractivity contribution < 1.29 is 0 Å². The Morgan fingerprint density at radius 1 is 1.33 bits per heavy atom. The molecular formula is C6H5BrIN. The molecule has 0 aromatic heterocycles. The fourth-order valence-electron chi connectivity index (χ4n) is 0.575. The van der Waals surface area contributed by atoms with Crippen LogP contribution in [0.1, 0.15) is 0 Å². The van der Waals surface area contributed by atoms with Gasteiger partial charge in [0.05, 0.1) is 0 Å². The van der Waals surface area contributed by atoms with Gasteiger partial charge in [0, 0.05) is 13.7 Å². The molecule has 1 aromatic rings. The average Bonchev–Trinajstić information content (AvgIpc) is 1.59. The fraction of sp³-hybridized carbons (Fsp3) is 0. The van der Waals surface area contributed by atoms with E-state index in [2.05, 4.69) is 38.5 Å². The van der Waals surface area contributed by atoms with Crippen LogP contribution in [0.5, 0.6) is 0 Å². The molecule has 0 saturated carbocycles. The molecule has 1 aromatic carbocycles. The van der Waals surface area contributed by atoms with Gasteiger partial charge in [-0.15, -0.1) is 0 Å². The first-order chi connectivity index (χ1) is 4.18. The lowest BCUT2D eigenvalue weighted by atomic mass is 10.3. The lowest BCUT2D eigenvalue weighted by molar-refractivity contribution is 1.59. The predicted octanol–water partition coefficient (Wildman–Crippen LogP) is 2.64. The highest BCUT2D eigenvalue weighted by molar-refractivity contribution is 14.1. The number of anilines is 1. The van der Waals surface area contributed by atoms with Gasteiger partial charge in [-0.2, -0.15) is 0 Å². The fourth-order valence-corrected chi connectivity index (χ4v) is 2.21. The van der Waals surface area contributed by atoms with Gasteiger partial charge in [-0.3, -0.25) is 0 Å². The van der Waals surface area contributed by atoms with E-state index in [9.17, 15) is 0 Å². The van der Waals surface area contributed by atoms with Gasteiger partial charge in [0.15, 0.2) is 0 Å². The summed E-state index contributed by atoms with van der Waals surface area (Å²) in [5.41, 5.74) is 6.32. The van der Waals surface area contributed by atoms with Crippen molar-refractivity contribution in [1.82, 2.24) is 0 Å². The first kappa shape index (κ1) is 7.34. The maximum absolute atomic E-state index is 5.52. The van der Waals surface area contributed by atoms with Crippen LogP contribution in [-0.4, -0.2) is 0 Å². The molecule has 0 aliphatic heterocycles. The zero-order valence-corrected chi connectivity index (χ0v) is 8.31. The summed E-state index contributed by atoms with van der Waals surface area (Å²) in [5, 5.41) is 0. The molecule has 1 nitrogen and oxygen atoms in total. The van der Waals surface area contributed by atoms with Crippen LogP contribution >= 0.6 is 38.5 Å². The van der Waals surface area contributed by atoms with Gasteiger partial charge < -0.3 is 5.73 Å². The van der Waals surface area contributed by atoms with Crippen LogP contribution in [-0.2, 0) is 0 Å². The summed E-state index contributed by atoms with van der Waals surface area (Å²) in [6.07, 6.45) is 0. The Labute approximate surface area is 75.9 Å². The van der Waals surface area contributed by atoms with Gasteiger partial charge in [-0.05, 0) is 40.8 Å². The van der Waals surface area contributed by atoms with Crippen LogP contribution < -0.4 is 5.73 Å². The highest BCUT2D eigenvalue weighted by Gasteiger charge is 1.90. The van der Waals surface area contributed by atoms with Crippen molar-refractivity contribution in [2.24, 2.45) is 0 Å². The second-order valence-corrected chi connectivity index (χ2v) is 3.86. The van der Waals surface area contributed by atoms with E-state index in [0.29, 0.717) is 0 Å². The molecule has 0 saturated heterocycles. The molecule has 2 N–H and O–H groups in total. The van der Waals surface area contributed by atoms with Crippen molar-refractivity contribution >= 4 is 44.2 Å². The molecule has 0 aliphatic carbocycles. The van der Waals surface area contributed by atoms with Gasteiger partial charge in [-0.1, -0.05) is 15.9 Å². The Kier molecular flexibility index (Phi) is 2.35. The summed E-state index contributed by atoms with van der Waals surface area (Å²) in [6, 6.07) is 5.81. The monoisotopic (exact) mass is 297 g/mol. The van der Waals surface area contributed by atoms with Gasteiger partial charge in [0.25, 0.3) is 0 Å². The van der Waals surface area contributed by atoms with Gasteiger partial charge in [0.1, 0.15) is 0 Å². The Morgan fingerprint density at radius 3 is 2.44 bits per heavy atom. The predicted molar refractivity (Wildman–Crippen MR) is 51.3 cm³/mol. The van der Waals surface area contributed by atoms with Gasteiger partial charge >= 0.3 is 0 Å². The number of hydrogen-bond acceptors (Lipinski definition) is 1. The maximum Gasteiger partial charge on any atom is 0.0335 e. The lowest BCUT2D eigenvalue weighted by Crippen LogP contribution is -1.84. The van der Waals surface area contributed by atoms with Crippen LogP contribution in [0.25, 0.3) is 0 Å². The molecule has 0 heterocycles. The normalized spacial score (nSPS) is 9.56. The summed E-state index contributed by atoms with van der Waals surface area (Å²) in [7, 11) is 0. The largest absolute Gasteiger partial charge is 0.399 e. The average molecular weight is 298 g/mol. The molecule has 0 aliphatic rings. The molecule has 0 atom stereocenters. The molecule has 0 bridgehead atoms. The SMILES string of the molecule is Nc1cc(Br)cc(I)c1. The molecule has 0 spiro atoms. The van der Waals surface area contributed by atoms with Gasteiger partial charge in [-0.25, -0.2) is 0 Å². The summed E-state index contributed by atoms with van der Waals surface area (Å²) in [6.45, 7) is 0. The molecular weight excluding hydrogens is 293 g/mol. The maximum atomic E-state index is 5.52. The van der Waals surface area contributed by atoms with Crippen molar-refractivity contribution in [2.45, 2.75) is 0 Å². The molecule has 0 fully saturated rings. The van der Waals surface area contributed by atoms with Crippen molar-refractivity contribution in [3.63, 3.8) is 0 Å². The van der Waals surface area contributed by atoms with E-state index < -0.39 is 0 Å².